The number of rotatable bonds is 2. The average Bonchev–Trinajstić information content (AvgIpc) is 2.85. The van der Waals surface area contributed by atoms with Gasteiger partial charge in [0.15, 0.2) is 0 Å². The molecular formula is C19H14ClF5N2O2S. The molecule has 0 amide bonds. The van der Waals surface area contributed by atoms with Crippen molar-refractivity contribution in [2.45, 2.75) is 28.6 Å². The lowest BCUT2D eigenvalue weighted by atomic mass is 10.1. The molecule has 0 N–H and O–H groups in total. The van der Waals surface area contributed by atoms with Gasteiger partial charge in [-0.25, -0.2) is 18.6 Å². The summed E-state index contributed by atoms with van der Waals surface area (Å²) in [5.41, 5.74) is -1.37. The summed E-state index contributed by atoms with van der Waals surface area (Å²) in [7, 11) is -0.417. The van der Waals surface area contributed by atoms with Gasteiger partial charge in [0.25, 0.3) is 0 Å². The van der Waals surface area contributed by atoms with E-state index < -0.39 is 46.1 Å². The topological polar surface area (TPSA) is 44.1 Å². The number of ether oxygens (including phenoxy) is 1. The minimum absolute atomic E-state index is 0.0169. The molecule has 0 radical (unpaired) electrons. The number of hydrogen-bond acceptors (Lipinski definition) is 3. The highest BCUT2D eigenvalue weighted by molar-refractivity contribution is 8.17. The van der Waals surface area contributed by atoms with E-state index in [1.54, 1.807) is 0 Å². The molecule has 1 aromatic heterocycles. The molecule has 0 fully saturated rings. The minimum atomic E-state index is -4.67. The molecule has 1 aliphatic heterocycles. The van der Waals surface area contributed by atoms with Gasteiger partial charge >= 0.3 is 11.9 Å². The van der Waals surface area contributed by atoms with Crippen LogP contribution in [0.15, 0.2) is 45.0 Å². The Hall–Kier alpha value is -2.17. The first-order valence-corrected chi connectivity index (χ1v) is 10.6. The third kappa shape index (κ3) is 3.57. The monoisotopic (exact) mass is 464 g/mol. The van der Waals surface area contributed by atoms with E-state index in [1.165, 1.54) is 11.7 Å². The van der Waals surface area contributed by atoms with Gasteiger partial charge in [0.1, 0.15) is 11.6 Å². The molecule has 3 aromatic rings. The van der Waals surface area contributed by atoms with Crippen molar-refractivity contribution >= 4 is 33.4 Å². The number of nitrogens with zero attached hydrogens (tertiary/aromatic N) is 2. The van der Waals surface area contributed by atoms with Crippen LogP contribution in [-0.2, 0) is 17.5 Å². The van der Waals surface area contributed by atoms with Crippen LogP contribution in [0.4, 0.5) is 22.0 Å². The van der Waals surface area contributed by atoms with Crippen molar-refractivity contribution in [3.05, 3.63) is 63.2 Å². The molecular weight excluding hydrogens is 451 g/mol. The molecule has 160 valence electrons. The smallest absolute Gasteiger partial charge is 0.379 e. The number of methoxy groups -OCH3 is 1. The maximum atomic E-state index is 14.7. The van der Waals surface area contributed by atoms with Gasteiger partial charge in [-0.3, -0.25) is 4.57 Å². The van der Waals surface area contributed by atoms with Crippen LogP contribution in [0.1, 0.15) is 5.56 Å². The van der Waals surface area contributed by atoms with Crippen molar-refractivity contribution in [3.63, 3.8) is 0 Å². The number of aromatic nitrogens is 2. The van der Waals surface area contributed by atoms with Gasteiger partial charge in [-0.1, -0.05) is 11.6 Å². The van der Waals surface area contributed by atoms with E-state index in [2.05, 4.69) is 4.98 Å². The molecule has 2 heterocycles. The van der Waals surface area contributed by atoms with Gasteiger partial charge in [0.2, 0.25) is 0 Å². The number of alkyl halides is 3. The highest BCUT2D eigenvalue weighted by atomic mass is 35.5. The van der Waals surface area contributed by atoms with Crippen molar-refractivity contribution in [1.29, 1.82) is 0 Å². The molecule has 30 heavy (non-hydrogen) atoms. The van der Waals surface area contributed by atoms with Gasteiger partial charge < -0.3 is 4.74 Å². The van der Waals surface area contributed by atoms with E-state index in [0.717, 1.165) is 24.4 Å². The number of halogens is 6. The Labute approximate surface area is 174 Å². The second kappa shape index (κ2) is 7.51. The Morgan fingerprint density at radius 1 is 1.17 bits per heavy atom. The van der Waals surface area contributed by atoms with Gasteiger partial charge in [-0.05, 0) is 18.2 Å². The quantitative estimate of drug-likeness (QED) is 0.337. The molecule has 0 saturated heterocycles. The van der Waals surface area contributed by atoms with Crippen molar-refractivity contribution in [1.82, 2.24) is 9.55 Å². The predicted octanol–water partition coefficient (Wildman–Crippen LogP) is 4.79. The van der Waals surface area contributed by atoms with Crippen LogP contribution in [0.3, 0.4) is 0 Å². The second-order valence-electron chi connectivity index (χ2n) is 6.77. The average molecular weight is 465 g/mol. The first kappa shape index (κ1) is 21.1. The Balaban J connectivity index is 2.10. The molecule has 4 rings (SSSR count). The summed E-state index contributed by atoms with van der Waals surface area (Å²) >= 11 is 5.84. The van der Waals surface area contributed by atoms with Crippen LogP contribution in [0.5, 0.6) is 0 Å². The fourth-order valence-corrected chi connectivity index (χ4v) is 6.49. The normalized spacial score (nSPS) is 20.4. The second-order valence-corrected chi connectivity index (χ2v) is 9.36. The Bertz CT molecular complexity index is 1210. The molecule has 11 heteroatoms. The highest BCUT2D eigenvalue weighted by Crippen LogP contribution is 2.52. The maximum absolute atomic E-state index is 14.7. The molecule has 2 aromatic carbocycles. The van der Waals surface area contributed by atoms with Crippen molar-refractivity contribution < 1.29 is 26.7 Å². The van der Waals surface area contributed by atoms with Gasteiger partial charge in [-0.2, -0.15) is 24.1 Å². The molecule has 0 bridgehead atoms. The number of hydrogen-bond donors (Lipinski definition) is 1. The number of thiol groups is 1. The zero-order chi connectivity index (χ0) is 21.8. The predicted molar refractivity (Wildman–Crippen MR) is 104 cm³/mol. The SMILES string of the molecule is COC1Cn2c(=O)ncc3cc(C(F)(F)F)cc(c32)[SH](c2cc(Cl)c(F)cc2F)C1. The number of benzene rings is 2. The Morgan fingerprint density at radius 3 is 2.57 bits per heavy atom. The molecule has 0 aliphatic carbocycles. The van der Waals surface area contributed by atoms with Gasteiger partial charge in [0, 0.05) is 40.3 Å². The lowest BCUT2D eigenvalue weighted by Crippen LogP contribution is -2.29. The summed E-state index contributed by atoms with van der Waals surface area (Å²) in [6, 6.07) is 3.51. The van der Waals surface area contributed by atoms with Crippen molar-refractivity contribution in [2.75, 3.05) is 12.9 Å². The van der Waals surface area contributed by atoms with Crippen LogP contribution in [0.25, 0.3) is 10.9 Å². The fraction of sp³-hybridized carbons (Fsp3) is 0.263. The molecule has 4 nitrogen and oxygen atoms in total. The molecule has 2 atom stereocenters. The summed E-state index contributed by atoms with van der Waals surface area (Å²) in [6.45, 7) is 0.0351. The van der Waals surface area contributed by atoms with E-state index in [4.69, 9.17) is 16.3 Å². The third-order valence-corrected chi connectivity index (χ3v) is 7.85. The van der Waals surface area contributed by atoms with E-state index in [9.17, 15) is 26.7 Å². The van der Waals surface area contributed by atoms with Gasteiger partial charge in [0.05, 0.1) is 28.8 Å². The molecule has 1 aliphatic rings. The lowest BCUT2D eigenvalue weighted by Gasteiger charge is -2.26. The van der Waals surface area contributed by atoms with Crippen LogP contribution < -0.4 is 5.69 Å². The maximum Gasteiger partial charge on any atom is 0.416 e. The Kier molecular flexibility index (Phi) is 5.27. The summed E-state index contributed by atoms with van der Waals surface area (Å²) in [5.74, 6) is -1.78. The van der Waals surface area contributed by atoms with Crippen LogP contribution in [0.2, 0.25) is 5.02 Å². The summed E-state index contributed by atoms with van der Waals surface area (Å²) in [4.78, 5) is 16.2. The van der Waals surface area contributed by atoms with E-state index in [-0.39, 0.29) is 38.0 Å². The van der Waals surface area contributed by atoms with Gasteiger partial charge in [-0.15, -0.1) is 0 Å². The summed E-state index contributed by atoms with van der Waals surface area (Å²) < 4.78 is 75.7. The van der Waals surface area contributed by atoms with Crippen molar-refractivity contribution in [3.8, 4) is 0 Å². The van der Waals surface area contributed by atoms with Crippen molar-refractivity contribution in [2.24, 2.45) is 0 Å². The zero-order valence-electron chi connectivity index (χ0n) is 15.3. The first-order valence-electron chi connectivity index (χ1n) is 8.66. The third-order valence-electron chi connectivity index (χ3n) is 4.94. The largest absolute Gasteiger partial charge is 0.416 e. The summed E-state index contributed by atoms with van der Waals surface area (Å²) in [6.07, 6.45) is -4.20. The van der Waals surface area contributed by atoms with E-state index in [0.29, 0.717) is 6.07 Å². The lowest BCUT2D eigenvalue weighted by molar-refractivity contribution is -0.137. The summed E-state index contributed by atoms with van der Waals surface area (Å²) in [5, 5.41) is -0.250. The highest BCUT2D eigenvalue weighted by Gasteiger charge is 2.35. The van der Waals surface area contributed by atoms with Crippen LogP contribution in [0, 0.1) is 11.6 Å². The van der Waals surface area contributed by atoms with Crippen LogP contribution in [-0.4, -0.2) is 28.5 Å². The molecule has 2 unspecified atom stereocenters. The fourth-order valence-electron chi connectivity index (χ4n) is 3.52. The molecule has 0 saturated carbocycles. The van der Waals surface area contributed by atoms with E-state index in [1.807, 2.05) is 0 Å². The van der Waals surface area contributed by atoms with E-state index >= 15 is 0 Å². The Morgan fingerprint density at radius 2 is 1.90 bits per heavy atom. The minimum Gasteiger partial charge on any atom is -0.379 e. The zero-order valence-corrected chi connectivity index (χ0v) is 17.0. The molecule has 0 spiro atoms. The van der Waals surface area contributed by atoms with Crippen LogP contribution >= 0.6 is 22.5 Å². The standard InChI is InChI=1S/C19H14ClF5N2O2S/c1-29-11-7-27-17-9(6-26-18(27)28)2-10(19(23,24)25)3-16(17)30(8-11)15-4-12(20)13(21)5-14(15)22/h2-6,11,30H,7-8H2,1H3. The first-order chi connectivity index (χ1) is 14.1.